The fourth-order valence-electron chi connectivity index (χ4n) is 2.82. The van der Waals surface area contributed by atoms with E-state index >= 15 is 0 Å². The summed E-state index contributed by atoms with van der Waals surface area (Å²) in [6.07, 6.45) is 5.38. The van der Waals surface area contributed by atoms with Crippen LogP contribution < -0.4 is 15.4 Å². The largest absolute Gasteiger partial charge is 0.473 e. The van der Waals surface area contributed by atoms with Gasteiger partial charge in [0.1, 0.15) is 12.1 Å². The third kappa shape index (κ3) is 5.48. The molecule has 30 heavy (non-hydrogen) atoms. The first-order chi connectivity index (χ1) is 14.6. The maximum Gasteiger partial charge on any atom is 0.330 e. The highest BCUT2D eigenvalue weighted by molar-refractivity contribution is 7.71. The lowest BCUT2D eigenvalue weighted by molar-refractivity contribution is -0.134. The van der Waals surface area contributed by atoms with E-state index in [9.17, 15) is 4.79 Å². The van der Waals surface area contributed by atoms with Gasteiger partial charge in [-0.05, 0) is 60.6 Å². The molecule has 0 atom stereocenters. The molecular weight excluding hydrogens is 402 g/mol. The van der Waals surface area contributed by atoms with Crippen molar-refractivity contribution in [2.24, 2.45) is 0 Å². The summed E-state index contributed by atoms with van der Waals surface area (Å²) in [4.78, 5) is 11.2. The molecule has 3 aromatic rings. The average molecular weight is 426 g/mol. The molecule has 3 N–H and O–H groups in total. The number of hydrogen-bond donors (Lipinski definition) is 3. The molecule has 0 unspecified atom stereocenters. The Hall–Kier alpha value is -3.59. The third-order valence-corrected chi connectivity index (χ3v) is 4.62. The second-order valence-electron chi connectivity index (χ2n) is 6.25. The van der Waals surface area contributed by atoms with Crippen molar-refractivity contribution in [3.05, 3.63) is 71.3 Å². The highest BCUT2D eigenvalue weighted by Gasteiger charge is 2.04. The van der Waals surface area contributed by atoms with E-state index in [1.807, 2.05) is 49.5 Å². The Morgan fingerprint density at radius 2 is 2.17 bits per heavy atom. The van der Waals surface area contributed by atoms with Gasteiger partial charge < -0.3 is 20.1 Å². The molecular formula is C21H23N5O3S. The number of nitrogens with one attached hydrogen (secondary N) is 3. The summed E-state index contributed by atoms with van der Waals surface area (Å²) in [5.74, 6) is 0.341. The van der Waals surface area contributed by atoms with Crippen molar-refractivity contribution >= 4 is 29.6 Å². The van der Waals surface area contributed by atoms with E-state index in [1.54, 1.807) is 17.0 Å². The number of H-pyrrole nitrogens is 1. The smallest absolute Gasteiger partial charge is 0.330 e. The fourth-order valence-corrected chi connectivity index (χ4v) is 3.03. The quantitative estimate of drug-likeness (QED) is 0.208. The predicted molar refractivity (Wildman–Crippen MR) is 119 cm³/mol. The maximum absolute atomic E-state index is 11.2. The maximum atomic E-state index is 11.2. The number of carbonyl (C=O) groups is 1. The van der Waals surface area contributed by atoms with E-state index in [4.69, 9.17) is 17.0 Å². The van der Waals surface area contributed by atoms with Crippen LogP contribution in [0.5, 0.6) is 5.75 Å². The number of methoxy groups -OCH3 is 1. The minimum atomic E-state index is -0.378. The highest BCUT2D eigenvalue weighted by Crippen LogP contribution is 2.23. The van der Waals surface area contributed by atoms with E-state index < -0.39 is 0 Å². The first-order valence-electron chi connectivity index (χ1n) is 9.25. The number of allylic oxidation sites excluding steroid dienone is 1. The van der Waals surface area contributed by atoms with Gasteiger partial charge in [0.25, 0.3) is 0 Å². The first kappa shape index (κ1) is 21.1. The molecule has 0 radical (unpaired) electrons. The van der Waals surface area contributed by atoms with E-state index in [0.717, 1.165) is 28.4 Å². The van der Waals surface area contributed by atoms with Crippen molar-refractivity contribution in [2.45, 2.75) is 6.42 Å². The molecule has 1 aromatic heterocycles. The lowest BCUT2D eigenvalue weighted by Crippen LogP contribution is -2.09. The van der Waals surface area contributed by atoms with Crippen LogP contribution in [0, 0.1) is 4.77 Å². The fraction of sp³-hybridized carbons (Fsp3) is 0.190. The Labute approximate surface area is 179 Å². The van der Waals surface area contributed by atoms with Crippen LogP contribution in [-0.2, 0) is 16.0 Å². The number of rotatable bonds is 9. The molecule has 0 aliphatic carbocycles. The van der Waals surface area contributed by atoms with Crippen LogP contribution >= 0.6 is 12.2 Å². The minimum absolute atomic E-state index is 0.288. The van der Waals surface area contributed by atoms with Crippen molar-refractivity contribution in [1.82, 2.24) is 14.8 Å². The van der Waals surface area contributed by atoms with Crippen molar-refractivity contribution in [1.29, 1.82) is 0 Å². The Bertz CT molecular complexity index is 1090. The lowest BCUT2D eigenvalue weighted by Gasteiger charge is -2.13. The zero-order valence-corrected chi connectivity index (χ0v) is 17.5. The van der Waals surface area contributed by atoms with Crippen LogP contribution in [0.15, 0.2) is 60.9 Å². The molecule has 2 aromatic carbocycles. The number of nitrogens with zero attached hydrogens (tertiary/aromatic N) is 2. The second-order valence-corrected chi connectivity index (χ2v) is 6.63. The second kappa shape index (κ2) is 10.3. The third-order valence-electron chi connectivity index (χ3n) is 4.33. The SMILES string of the molecule is CNc1ccc(OCNc2cccc(-n3cn[nH]c3=S)c2)cc1CC=CC(=O)OC. The molecule has 0 amide bonds. The van der Waals surface area contributed by atoms with Gasteiger partial charge in [-0.3, -0.25) is 9.67 Å². The Morgan fingerprint density at radius 1 is 1.30 bits per heavy atom. The van der Waals surface area contributed by atoms with Crippen LogP contribution in [0.4, 0.5) is 11.4 Å². The summed E-state index contributed by atoms with van der Waals surface area (Å²) in [6, 6.07) is 13.6. The number of aromatic amines is 1. The number of anilines is 2. The Balaban J connectivity index is 1.63. The first-order valence-corrected chi connectivity index (χ1v) is 9.66. The lowest BCUT2D eigenvalue weighted by atomic mass is 10.1. The van der Waals surface area contributed by atoms with Gasteiger partial charge in [0.05, 0.1) is 12.8 Å². The van der Waals surface area contributed by atoms with Crippen LogP contribution in [0.25, 0.3) is 5.69 Å². The molecule has 3 rings (SSSR count). The van der Waals surface area contributed by atoms with E-state index in [2.05, 4.69) is 25.6 Å². The number of hydrogen-bond acceptors (Lipinski definition) is 7. The van der Waals surface area contributed by atoms with Crippen molar-refractivity contribution in [3.63, 3.8) is 0 Å². The van der Waals surface area contributed by atoms with E-state index in [0.29, 0.717) is 11.2 Å². The van der Waals surface area contributed by atoms with Gasteiger partial charge in [0, 0.05) is 24.5 Å². The summed E-state index contributed by atoms with van der Waals surface area (Å²) in [5.41, 5.74) is 3.77. The van der Waals surface area contributed by atoms with Gasteiger partial charge in [0.2, 0.25) is 0 Å². The van der Waals surface area contributed by atoms with Crippen LogP contribution in [0.1, 0.15) is 5.56 Å². The Morgan fingerprint density at radius 3 is 2.90 bits per heavy atom. The van der Waals surface area contributed by atoms with Crippen molar-refractivity contribution in [2.75, 3.05) is 31.5 Å². The molecule has 0 aliphatic heterocycles. The van der Waals surface area contributed by atoms with Crippen molar-refractivity contribution in [3.8, 4) is 11.4 Å². The van der Waals surface area contributed by atoms with Gasteiger partial charge in [-0.1, -0.05) is 12.1 Å². The normalized spacial score (nSPS) is 10.7. The molecule has 1 heterocycles. The van der Waals surface area contributed by atoms with Gasteiger partial charge in [0.15, 0.2) is 11.5 Å². The average Bonchev–Trinajstić information content (AvgIpc) is 3.20. The van der Waals surface area contributed by atoms with Crippen LogP contribution in [0.2, 0.25) is 0 Å². The van der Waals surface area contributed by atoms with E-state index in [1.165, 1.54) is 13.2 Å². The summed E-state index contributed by atoms with van der Waals surface area (Å²) in [6.45, 7) is 0.288. The molecule has 0 bridgehead atoms. The van der Waals surface area contributed by atoms with Gasteiger partial charge in [-0.25, -0.2) is 4.79 Å². The van der Waals surface area contributed by atoms with E-state index in [-0.39, 0.29) is 12.7 Å². The topological polar surface area (TPSA) is 93.2 Å². The monoisotopic (exact) mass is 425 g/mol. The molecule has 0 fully saturated rings. The Kier molecular flexibility index (Phi) is 7.23. The van der Waals surface area contributed by atoms with Gasteiger partial charge >= 0.3 is 5.97 Å². The highest BCUT2D eigenvalue weighted by atomic mass is 32.1. The predicted octanol–water partition coefficient (Wildman–Crippen LogP) is 3.69. The van der Waals surface area contributed by atoms with Crippen LogP contribution in [0.3, 0.4) is 0 Å². The number of ether oxygens (including phenoxy) is 2. The number of esters is 1. The zero-order chi connectivity index (χ0) is 21.3. The number of aromatic nitrogens is 3. The standard InChI is InChI=1S/C21H23N5O3S/c1-22-19-10-9-18(11-15(19)5-3-8-20(27)28-2)29-14-23-16-6-4-7-17(12-16)26-13-24-25-21(26)30/h3-4,6-13,22-23H,5,14H2,1-2H3,(H,25,30). The minimum Gasteiger partial charge on any atom is -0.473 e. The molecule has 0 aliphatic rings. The summed E-state index contributed by atoms with van der Waals surface area (Å²) >= 11 is 5.21. The molecule has 9 heteroatoms. The van der Waals surface area contributed by atoms with Crippen LogP contribution in [-0.4, -0.2) is 41.6 Å². The molecule has 0 spiro atoms. The molecule has 0 saturated heterocycles. The van der Waals surface area contributed by atoms with Crippen molar-refractivity contribution < 1.29 is 14.3 Å². The number of carbonyl (C=O) groups excluding carboxylic acids is 1. The van der Waals surface area contributed by atoms with Gasteiger partial charge in [-0.2, -0.15) is 5.10 Å². The summed E-state index contributed by atoms with van der Waals surface area (Å²) in [7, 11) is 3.21. The summed E-state index contributed by atoms with van der Waals surface area (Å²) in [5, 5.41) is 13.1. The molecule has 156 valence electrons. The van der Waals surface area contributed by atoms with Gasteiger partial charge in [-0.15, -0.1) is 0 Å². The summed E-state index contributed by atoms with van der Waals surface area (Å²) < 4.78 is 12.8. The zero-order valence-electron chi connectivity index (χ0n) is 16.7. The number of benzene rings is 2. The molecule has 8 nitrogen and oxygen atoms in total. The molecule has 0 saturated carbocycles.